The summed E-state index contributed by atoms with van der Waals surface area (Å²) in [5.74, 6) is -0.974. The maximum absolute atomic E-state index is 13.1. The summed E-state index contributed by atoms with van der Waals surface area (Å²) >= 11 is 5.91. The van der Waals surface area contributed by atoms with Crippen molar-refractivity contribution in [3.63, 3.8) is 0 Å². The van der Waals surface area contributed by atoms with Gasteiger partial charge in [0.2, 0.25) is 0 Å². The van der Waals surface area contributed by atoms with E-state index in [9.17, 15) is 13.6 Å². The van der Waals surface area contributed by atoms with Crippen molar-refractivity contribution in [2.24, 2.45) is 0 Å². The van der Waals surface area contributed by atoms with Crippen LogP contribution >= 0.6 is 11.6 Å². The highest BCUT2D eigenvalue weighted by Gasteiger charge is 2.44. The number of alkyl halides is 2. The van der Waals surface area contributed by atoms with Crippen LogP contribution in [-0.4, -0.2) is 17.2 Å². The molecule has 1 aromatic carbocycles. The Labute approximate surface area is 128 Å². The van der Waals surface area contributed by atoms with Crippen LogP contribution in [0.5, 0.6) is 11.5 Å². The average Bonchev–Trinajstić information content (AvgIpc) is 2.73. The first-order chi connectivity index (χ1) is 10.4. The van der Waals surface area contributed by atoms with Crippen LogP contribution in [0.3, 0.4) is 0 Å². The van der Waals surface area contributed by atoms with E-state index >= 15 is 0 Å². The number of nitrogens with one attached hydrogen (secondary N) is 1. The number of halogens is 3. The van der Waals surface area contributed by atoms with Crippen molar-refractivity contribution in [2.75, 3.05) is 5.32 Å². The Morgan fingerprint density at radius 3 is 2.82 bits per heavy atom. The summed E-state index contributed by atoms with van der Waals surface area (Å²) in [4.78, 5) is 16.1. The van der Waals surface area contributed by atoms with Crippen LogP contribution in [0, 0.1) is 6.92 Å². The normalized spacial score (nSPS) is 14.7. The van der Waals surface area contributed by atoms with Crippen molar-refractivity contribution in [2.45, 2.75) is 13.2 Å². The van der Waals surface area contributed by atoms with E-state index < -0.39 is 12.2 Å². The van der Waals surface area contributed by atoms with Crippen LogP contribution < -0.4 is 14.8 Å². The van der Waals surface area contributed by atoms with E-state index in [-0.39, 0.29) is 27.9 Å². The van der Waals surface area contributed by atoms with Gasteiger partial charge in [-0.2, -0.15) is 0 Å². The number of pyridine rings is 1. The molecule has 0 saturated heterocycles. The molecule has 5 nitrogen and oxygen atoms in total. The molecule has 0 fully saturated rings. The van der Waals surface area contributed by atoms with E-state index in [1.54, 1.807) is 13.0 Å². The molecule has 1 aliphatic heterocycles. The second-order valence-corrected chi connectivity index (χ2v) is 4.91. The van der Waals surface area contributed by atoms with E-state index in [1.807, 2.05) is 0 Å². The molecule has 0 radical (unpaired) electrons. The Kier molecular flexibility index (Phi) is 3.37. The molecule has 0 aliphatic carbocycles. The zero-order valence-electron chi connectivity index (χ0n) is 11.2. The van der Waals surface area contributed by atoms with Crippen LogP contribution in [0.2, 0.25) is 5.15 Å². The number of ether oxygens (including phenoxy) is 2. The summed E-state index contributed by atoms with van der Waals surface area (Å²) in [6.45, 7) is 1.69. The number of anilines is 1. The zero-order chi connectivity index (χ0) is 15.9. The first-order valence-corrected chi connectivity index (χ1v) is 6.56. The molecular formula is C14H9ClF2N2O3. The van der Waals surface area contributed by atoms with Gasteiger partial charge in [-0.25, -0.2) is 4.98 Å². The van der Waals surface area contributed by atoms with E-state index in [2.05, 4.69) is 19.8 Å². The highest BCUT2D eigenvalue weighted by molar-refractivity contribution is 6.33. The second-order valence-electron chi connectivity index (χ2n) is 4.55. The van der Waals surface area contributed by atoms with E-state index in [1.165, 1.54) is 24.4 Å². The van der Waals surface area contributed by atoms with Crippen LogP contribution in [0.1, 0.15) is 15.9 Å². The summed E-state index contributed by atoms with van der Waals surface area (Å²) < 4.78 is 35.0. The molecule has 1 N–H and O–H groups in total. The number of aromatic nitrogens is 1. The van der Waals surface area contributed by atoms with Crippen molar-refractivity contribution in [3.8, 4) is 11.5 Å². The number of fused-ring (bicyclic) bond motifs is 1. The fourth-order valence-electron chi connectivity index (χ4n) is 2.05. The van der Waals surface area contributed by atoms with Crippen LogP contribution in [0.4, 0.5) is 14.5 Å². The number of carbonyl (C=O) groups is 1. The van der Waals surface area contributed by atoms with Gasteiger partial charge in [0.1, 0.15) is 5.15 Å². The SMILES string of the molecule is Cc1ccnc(Cl)c1C(=O)Nc1cccc2c1OC(F)(F)O2. The predicted octanol–water partition coefficient (Wildman–Crippen LogP) is 3.62. The molecule has 8 heteroatoms. The maximum atomic E-state index is 13.1. The summed E-state index contributed by atoms with van der Waals surface area (Å²) in [7, 11) is 0. The molecule has 1 aliphatic rings. The van der Waals surface area contributed by atoms with Gasteiger partial charge in [-0.3, -0.25) is 4.79 Å². The number of carbonyl (C=O) groups excluding carboxylic acids is 1. The lowest BCUT2D eigenvalue weighted by Gasteiger charge is -2.10. The lowest BCUT2D eigenvalue weighted by molar-refractivity contribution is -0.286. The van der Waals surface area contributed by atoms with E-state index in [4.69, 9.17) is 11.6 Å². The van der Waals surface area contributed by atoms with E-state index in [0.717, 1.165) is 0 Å². The van der Waals surface area contributed by atoms with Gasteiger partial charge in [0, 0.05) is 6.20 Å². The molecule has 0 spiro atoms. The summed E-state index contributed by atoms with van der Waals surface area (Å²) in [6, 6.07) is 5.80. The molecule has 1 aromatic heterocycles. The fraction of sp³-hybridized carbons (Fsp3) is 0.143. The minimum absolute atomic E-state index is 0.0209. The third-order valence-electron chi connectivity index (χ3n) is 3.02. The highest BCUT2D eigenvalue weighted by atomic mass is 35.5. The van der Waals surface area contributed by atoms with Gasteiger partial charge >= 0.3 is 6.29 Å². The third kappa shape index (κ3) is 2.55. The standard InChI is InChI=1S/C14H9ClF2N2O3/c1-7-5-6-18-12(15)10(7)13(20)19-8-3-2-4-9-11(8)22-14(16,17)21-9/h2-6H,1H3,(H,19,20). The van der Waals surface area contributed by atoms with Gasteiger partial charge < -0.3 is 14.8 Å². The molecule has 0 saturated carbocycles. The van der Waals surface area contributed by atoms with Gasteiger partial charge in [0.05, 0.1) is 11.3 Å². The molecular weight excluding hydrogens is 318 g/mol. The van der Waals surface area contributed by atoms with Crippen molar-refractivity contribution in [1.29, 1.82) is 0 Å². The summed E-state index contributed by atoms with van der Waals surface area (Å²) in [6.07, 6.45) is -2.29. The lowest BCUT2D eigenvalue weighted by Crippen LogP contribution is -2.26. The number of nitrogens with zero attached hydrogens (tertiary/aromatic N) is 1. The summed E-state index contributed by atoms with van der Waals surface area (Å²) in [5, 5.41) is 2.50. The fourth-order valence-corrected chi connectivity index (χ4v) is 2.34. The van der Waals surface area contributed by atoms with Gasteiger partial charge in [0.15, 0.2) is 11.5 Å². The summed E-state index contributed by atoms with van der Waals surface area (Å²) in [5.41, 5.74) is 0.819. The van der Waals surface area contributed by atoms with Crippen molar-refractivity contribution >= 4 is 23.2 Å². The second kappa shape index (κ2) is 5.10. The molecule has 114 valence electrons. The lowest BCUT2D eigenvalue weighted by atomic mass is 10.1. The van der Waals surface area contributed by atoms with Crippen molar-refractivity contribution in [3.05, 3.63) is 46.7 Å². The Morgan fingerprint density at radius 2 is 2.09 bits per heavy atom. The highest BCUT2D eigenvalue weighted by Crippen LogP contribution is 2.45. The number of amides is 1. The number of hydrogen-bond acceptors (Lipinski definition) is 4. The molecule has 1 amide bonds. The Morgan fingerprint density at radius 1 is 1.32 bits per heavy atom. The monoisotopic (exact) mass is 326 g/mol. The molecule has 0 atom stereocenters. The van der Waals surface area contributed by atoms with Crippen LogP contribution in [0.15, 0.2) is 30.5 Å². The smallest absolute Gasteiger partial charge is 0.395 e. The van der Waals surface area contributed by atoms with Gasteiger partial charge in [-0.15, -0.1) is 8.78 Å². The van der Waals surface area contributed by atoms with Crippen LogP contribution in [0.25, 0.3) is 0 Å². The number of benzene rings is 1. The van der Waals surface area contributed by atoms with Crippen molar-refractivity contribution in [1.82, 2.24) is 4.98 Å². The van der Waals surface area contributed by atoms with Gasteiger partial charge in [0.25, 0.3) is 5.91 Å². The quantitative estimate of drug-likeness (QED) is 0.856. The number of rotatable bonds is 2. The minimum atomic E-state index is -3.76. The Bertz CT molecular complexity index is 747. The average molecular weight is 327 g/mol. The molecule has 22 heavy (non-hydrogen) atoms. The zero-order valence-corrected chi connectivity index (χ0v) is 11.9. The third-order valence-corrected chi connectivity index (χ3v) is 3.30. The number of hydrogen-bond donors (Lipinski definition) is 1. The topological polar surface area (TPSA) is 60.5 Å². The molecule has 2 aromatic rings. The molecule has 0 bridgehead atoms. The number of aryl methyl sites for hydroxylation is 1. The van der Waals surface area contributed by atoms with Crippen LogP contribution in [-0.2, 0) is 0 Å². The van der Waals surface area contributed by atoms with E-state index in [0.29, 0.717) is 5.56 Å². The molecule has 0 unspecified atom stereocenters. The molecule has 3 rings (SSSR count). The Balaban J connectivity index is 1.93. The number of para-hydroxylation sites is 1. The van der Waals surface area contributed by atoms with Crippen molar-refractivity contribution < 1.29 is 23.0 Å². The van der Waals surface area contributed by atoms with Gasteiger partial charge in [-0.1, -0.05) is 17.7 Å². The first kappa shape index (κ1) is 14.5. The largest absolute Gasteiger partial charge is 0.586 e. The predicted molar refractivity (Wildman–Crippen MR) is 74.6 cm³/mol. The minimum Gasteiger partial charge on any atom is -0.395 e. The maximum Gasteiger partial charge on any atom is 0.586 e. The van der Waals surface area contributed by atoms with Gasteiger partial charge in [-0.05, 0) is 30.7 Å². The Hall–Kier alpha value is -2.41. The first-order valence-electron chi connectivity index (χ1n) is 6.19. The molecule has 2 heterocycles.